The molecule has 0 bridgehead atoms. The van der Waals surface area contributed by atoms with E-state index in [1.54, 1.807) is 0 Å². The third kappa shape index (κ3) is 5.19. The van der Waals surface area contributed by atoms with Crippen LogP contribution in [0.3, 0.4) is 0 Å². The fourth-order valence-electron chi connectivity index (χ4n) is 2.30. The lowest BCUT2D eigenvalue weighted by Crippen LogP contribution is -2.38. The molecule has 4 nitrogen and oxygen atoms in total. The van der Waals surface area contributed by atoms with Gasteiger partial charge in [-0.3, -0.25) is 0 Å². The highest BCUT2D eigenvalue weighted by Gasteiger charge is 2.14. The number of hydrogen-bond donors (Lipinski definition) is 1. The largest absolute Gasteiger partial charge is 0.466 e. The number of carbonyl (C=O) groups is 1. The molecule has 0 spiro atoms. The summed E-state index contributed by atoms with van der Waals surface area (Å²) in [6, 6.07) is 0.454. The molecule has 0 aromatic carbocycles. The number of likely N-dealkylation sites (tertiary alicyclic amines) is 1. The van der Waals surface area contributed by atoms with Crippen LogP contribution in [0.5, 0.6) is 0 Å². The van der Waals surface area contributed by atoms with Gasteiger partial charge in [-0.1, -0.05) is 13.0 Å². The zero-order chi connectivity index (χ0) is 13.4. The molecule has 0 aromatic rings. The first-order chi connectivity index (χ1) is 8.67. The molecule has 104 valence electrons. The minimum Gasteiger partial charge on any atom is -0.466 e. The Balaban J connectivity index is 2.25. The summed E-state index contributed by atoms with van der Waals surface area (Å²) in [7, 11) is 1.43. The Morgan fingerprint density at radius 1 is 1.44 bits per heavy atom. The van der Waals surface area contributed by atoms with Crippen LogP contribution in [-0.4, -0.2) is 50.2 Å². The Hall–Kier alpha value is -0.870. The third-order valence-corrected chi connectivity index (χ3v) is 3.37. The third-order valence-electron chi connectivity index (χ3n) is 3.37. The molecule has 1 atom stereocenters. The van der Waals surface area contributed by atoms with E-state index in [9.17, 15) is 4.79 Å². The van der Waals surface area contributed by atoms with Gasteiger partial charge in [-0.05, 0) is 39.3 Å². The number of ether oxygens (including phenoxy) is 1. The standard InChI is InChI=1S/C14H26N2O2/c1-4-13(14(17)18-3)7-8-15-12(2)11-16-9-5-6-10-16/h7,12,15H,4-6,8-11H2,1-3H3. The molecule has 1 aliphatic heterocycles. The van der Waals surface area contributed by atoms with Crippen LogP contribution in [0.15, 0.2) is 11.6 Å². The van der Waals surface area contributed by atoms with Gasteiger partial charge in [-0.25, -0.2) is 4.79 Å². The first kappa shape index (κ1) is 15.2. The number of rotatable bonds is 7. The fraction of sp³-hybridized carbons (Fsp3) is 0.786. The van der Waals surface area contributed by atoms with Gasteiger partial charge < -0.3 is 15.0 Å². The number of esters is 1. The predicted molar refractivity (Wildman–Crippen MR) is 73.5 cm³/mol. The summed E-state index contributed by atoms with van der Waals surface area (Å²) in [5.41, 5.74) is 0.748. The van der Waals surface area contributed by atoms with Gasteiger partial charge in [0.1, 0.15) is 0 Å². The molecule has 0 radical (unpaired) electrons. The quantitative estimate of drug-likeness (QED) is 0.553. The van der Waals surface area contributed by atoms with Gasteiger partial charge in [0.05, 0.1) is 7.11 Å². The number of nitrogens with zero attached hydrogens (tertiary/aromatic N) is 1. The molecule has 0 aromatic heterocycles. The molecule has 18 heavy (non-hydrogen) atoms. The van der Waals surface area contributed by atoms with Gasteiger partial charge in [-0.15, -0.1) is 0 Å². The van der Waals surface area contributed by atoms with E-state index in [-0.39, 0.29) is 5.97 Å². The first-order valence-corrected chi connectivity index (χ1v) is 6.90. The second kappa shape index (κ2) is 8.27. The fourth-order valence-corrected chi connectivity index (χ4v) is 2.30. The van der Waals surface area contributed by atoms with E-state index in [4.69, 9.17) is 4.74 Å². The van der Waals surface area contributed by atoms with E-state index in [1.807, 2.05) is 13.0 Å². The van der Waals surface area contributed by atoms with Gasteiger partial charge in [-0.2, -0.15) is 0 Å². The maximum absolute atomic E-state index is 11.4. The van der Waals surface area contributed by atoms with E-state index >= 15 is 0 Å². The normalized spacial score (nSPS) is 18.9. The number of methoxy groups -OCH3 is 1. The van der Waals surface area contributed by atoms with Crippen LogP contribution in [0.4, 0.5) is 0 Å². The smallest absolute Gasteiger partial charge is 0.333 e. The Morgan fingerprint density at radius 2 is 2.11 bits per heavy atom. The monoisotopic (exact) mass is 254 g/mol. The summed E-state index contributed by atoms with van der Waals surface area (Å²) in [5.74, 6) is -0.216. The van der Waals surface area contributed by atoms with Gasteiger partial charge in [0, 0.05) is 24.7 Å². The highest BCUT2D eigenvalue weighted by atomic mass is 16.5. The van der Waals surface area contributed by atoms with Crippen LogP contribution in [0.25, 0.3) is 0 Å². The van der Waals surface area contributed by atoms with E-state index < -0.39 is 0 Å². The molecule has 1 saturated heterocycles. The van der Waals surface area contributed by atoms with E-state index in [1.165, 1.54) is 33.0 Å². The molecule has 1 N–H and O–H groups in total. The van der Waals surface area contributed by atoms with Crippen molar-refractivity contribution in [2.75, 3.05) is 33.3 Å². The molecule has 0 saturated carbocycles. The molecule has 1 heterocycles. The SMILES string of the molecule is CCC(=CCNC(C)CN1CCCC1)C(=O)OC. The van der Waals surface area contributed by atoms with Crippen LogP contribution in [0.2, 0.25) is 0 Å². The van der Waals surface area contributed by atoms with Gasteiger partial charge in [0.2, 0.25) is 0 Å². The van der Waals surface area contributed by atoms with Crippen LogP contribution in [-0.2, 0) is 9.53 Å². The van der Waals surface area contributed by atoms with E-state index in [2.05, 4.69) is 17.1 Å². The van der Waals surface area contributed by atoms with Crippen molar-refractivity contribution in [3.63, 3.8) is 0 Å². The maximum Gasteiger partial charge on any atom is 0.333 e. The summed E-state index contributed by atoms with van der Waals surface area (Å²) >= 11 is 0. The minimum absolute atomic E-state index is 0.216. The van der Waals surface area contributed by atoms with Crippen molar-refractivity contribution in [1.29, 1.82) is 0 Å². The molecule has 1 fully saturated rings. The summed E-state index contributed by atoms with van der Waals surface area (Å²) in [5, 5.41) is 3.43. The topological polar surface area (TPSA) is 41.6 Å². The van der Waals surface area contributed by atoms with Gasteiger partial charge in [0.25, 0.3) is 0 Å². The summed E-state index contributed by atoms with van der Waals surface area (Å²) in [6.45, 7) is 8.43. The lowest BCUT2D eigenvalue weighted by Gasteiger charge is -2.20. The van der Waals surface area contributed by atoms with Crippen molar-refractivity contribution in [3.8, 4) is 0 Å². The summed E-state index contributed by atoms with van der Waals surface area (Å²) in [6.07, 6.45) is 5.31. The van der Waals surface area contributed by atoms with E-state index in [0.29, 0.717) is 6.04 Å². The van der Waals surface area contributed by atoms with Gasteiger partial charge in [0.15, 0.2) is 0 Å². The van der Waals surface area contributed by atoms with Crippen molar-refractivity contribution in [1.82, 2.24) is 10.2 Å². The lowest BCUT2D eigenvalue weighted by atomic mass is 10.2. The molecule has 1 rings (SSSR count). The zero-order valence-electron chi connectivity index (χ0n) is 11.9. The van der Waals surface area contributed by atoms with Crippen LogP contribution >= 0.6 is 0 Å². The highest BCUT2D eigenvalue weighted by Crippen LogP contribution is 2.07. The van der Waals surface area contributed by atoms with Crippen LogP contribution in [0.1, 0.15) is 33.1 Å². The Bertz CT molecular complexity index is 284. The molecule has 1 unspecified atom stereocenters. The second-order valence-electron chi connectivity index (χ2n) is 4.89. The lowest BCUT2D eigenvalue weighted by molar-refractivity contribution is -0.136. The number of hydrogen-bond acceptors (Lipinski definition) is 4. The predicted octanol–water partition coefficient (Wildman–Crippen LogP) is 1.57. The average Bonchev–Trinajstić information content (AvgIpc) is 2.86. The maximum atomic E-state index is 11.4. The van der Waals surface area contributed by atoms with Crippen molar-refractivity contribution in [2.45, 2.75) is 39.2 Å². The Kier molecular flexibility index (Phi) is 6.98. The van der Waals surface area contributed by atoms with Crippen molar-refractivity contribution in [3.05, 3.63) is 11.6 Å². The van der Waals surface area contributed by atoms with E-state index in [0.717, 1.165) is 25.1 Å². The summed E-state index contributed by atoms with van der Waals surface area (Å²) < 4.78 is 4.73. The minimum atomic E-state index is -0.216. The Labute approximate surface area is 110 Å². The first-order valence-electron chi connectivity index (χ1n) is 6.90. The molecular weight excluding hydrogens is 228 g/mol. The second-order valence-corrected chi connectivity index (χ2v) is 4.89. The molecule has 0 aliphatic carbocycles. The van der Waals surface area contributed by atoms with Crippen molar-refractivity contribution >= 4 is 5.97 Å². The molecule has 1 aliphatic rings. The van der Waals surface area contributed by atoms with Crippen molar-refractivity contribution in [2.24, 2.45) is 0 Å². The summed E-state index contributed by atoms with van der Waals surface area (Å²) in [4.78, 5) is 13.9. The van der Waals surface area contributed by atoms with Crippen molar-refractivity contribution < 1.29 is 9.53 Å². The number of nitrogens with one attached hydrogen (secondary N) is 1. The highest BCUT2D eigenvalue weighted by molar-refractivity contribution is 5.88. The zero-order valence-corrected chi connectivity index (χ0v) is 11.9. The van der Waals surface area contributed by atoms with Gasteiger partial charge >= 0.3 is 5.97 Å². The molecular formula is C14H26N2O2. The molecule has 0 amide bonds. The average molecular weight is 254 g/mol. The van der Waals surface area contributed by atoms with Crippen LogP contribution in [0, 0.1) is 0 Å². The number of carbonyl (C=O) groups excluding carboxylic acids is 1. The van der Waals surface area contributed by atoms with Crippen LogP contribution < -0.4 is 5.32 Å². The Morgan fingerprint density at radius 3 is 2.67 bits per heavy atom. The molecule has 4 heteroatoms.